The molecule has 2 N–H and O–H groups in total. The molecule has 2 rings (SSSR count). The van der Waals surface area contributed by atoms with E-state index < -0.39 is 23.5 Å². The lowest BCUT2D eigenvalue weighted by Crippen LogP contribution is -2.15. The number of para-hydroxylation sites is 1. The number of benzene rings is 2. The van der Waals surface area contributed by atoms with Crippen molar-refractivity contribution in [1.82, 2.24) is 0 Å². The lowest BCUT2D eigenvalue weighted by atomic mass is 9.98. The Morgan fingerprint density at radius 1 is 1.10 bits per heavy atom. The molecule has 0 aromatic heterocycles. The number of hydrogen-bond acceptors (Lipinski definition) is 2. The highest BCUT2D eigenvalue weighted by Crippen LogP contribution is 2.25. The summed E-state index contributed by atoms with van der Waals surface area (Å²) in [5.74, 6) is -3.32. The van der Waals surface area contributed by atoms with Crippen molar-refractivity contribution in [2.24, 2.45) is 5.73 Å². The number of halogens is 3. The Labute approximate surface area is 115 Å². The van der Waals surface area contributed by atoms with Gasteiger partial charge in [-0.2, -0.15) is 0 Å². The molecule has 0 bridgehead atoms. The minimum atomic E-state index is -1.49. The Morgan fingerprint density at radius 3 is 2.30 bits per heavy atom. The molecule has 20 heavy (non-hydrogen) atoms. The van der Waals surface area contributed by atoms with E-state index in [1.807, 2.05) is 18.2 Å². The molecule has 5 heteroatoms. The molecule has 0 aliphatic heterocycles. The van der Waals surface area contributed by atoms with Crippen LogP contribution in [0.3, 0.4) is 0 Å². The molecule has 0 aliphatic rings. The second-order valence-electron chi connectivity index (χ2n) is 4.42. The van der Waals surface area contributed by atoms with E-state index in [1.165, 1.54) is 7.11 Å². The first-order chi connectivity index (χ1) is 9.52. The summed E-state index contributed by atoms with van der Waals surface area (Å²) in [6.45, 7) is 0. The second-order valence-corrected chi connectivity index (χ2v) is 4.42. The number of methoxy groups -OCH3 is 1. The van der Waals surface area contributed by atoms with Crippen LogP contribution in [0.1, 0.15) is 17.2 Å². The van der Waals surface area contributed by atoms with Gasteiger partial charge in [-0.3, -0.25) is 0 Å². The second kappa shape index (κ2) is 5.96. The minimum Gasteiger partial charge on any atom is -0.496 e. The Balaban J connectivity index is 2.26. The van der Waals surface area contributed by atoms with Crippen LogP contribution >= 0.6 is 0 Å². The van der Waals surface area contributed by atoms with Gasteiger partial charge in [0.2, 0.25) is 0 Å². The molecule has 0 amide bonds. The van der Waals surface area contributed by atoms with Gasteiger partial charge in [0.15, 0.2) is 17.5 Å². The Morgan fingerprint density at radius 2 is 1.70 bits per heavy atom. The Kier molecular flexibility index (Phi) is 4.29. The lowest BCUT2D eigenvalue weighted by molar-refractivity contribution is 0.408. The highest BCUT2D eigenvalue weighted by atomic mass is 19.2. The molecular formula is C15H14F3NO. The highest BCUT2D eigenvalue weighted by Gasteiger charge is 2.16. The van der Waals surface area contributed by atoms with Crippen LogP contribution in [-0.4, -0.2) is 7.11 Å². The third-order valence-electron chi connectivity index (χ3n) is 3.07. The van der Waals surface area contributed by atoms with Gasteiger partial charge in [0.25, 0.3) is 0 Å². The zero-order chi connectivity index (χ0) is 14.7. The molecule has 0 saturated heterocycles. The Bertz CT molecular complexity index is 593. The van der Waals surface area contributed by atoms with Gasteiger partial charge in [-0.25, -0.2) is 13.2 Å². The van der Waals surface area contributed by atoms with Crippen LogP contribution in [0.4, 0.5) is 13.2 Å². The molecule has 0 saturated carbocycles. The van der Waals surface area contributed by atoms with E-state index in [4.69, 9.17) is 10.5 Å². The van der Waals surface area contributed by atoms with Crippen molar-refractivity contribution in [1.29, 1.82) is 0 Å². The smallest absolute Gasteiger partial charge is 0.194 e. The lowest BCUT2D eigenvalue weighted by Gasteiger charge is -2.15. The number of rotatable bonds is 4. The zero-order valence-electron chi connectivity index (χ0n) is 10.9. The van der Waals surface area contributed by atoms with Crippen molar-refractivity contribution in [3.8, 4) is 5.75 Å². The average molecular weight is 281 g/mol. The van der Waals surface area contributed by atoms with Crippen molar-refractivity contribution in [3.05, 3.63) is 65.0 Å². The SMILES string of the molecule is COc1ccccc1CC(N)c1cc(F)c(F)c(F)c1. The fourth-order valence-corrected chi connectivity index (χ4v) is 2.02. The zero-order valence-corrected chi connectivity index (χ0v) is 10.9. The van der Waals surface area contributed by atoms with Gasteiger partial charge in [0.05, 0.1) is 7.11 Å². The maximum atomic E-state index is 13.2. The van der Waals surface area contributed by atoms with E-state index in [0.717, 1.165) is 17.7 Å². The first-order valence-corrected chi connectivity index (χ1v) is 6.05. The van der Waals surface area contributed by atoms with Crippen LogP contribution in [0.5, 0.6) is 5.75 Å². The molecule has 2 nitrogen and oxygen atoms in total. The Hall–Kier alpha value is -2.01. The topological polar surface area (TPSA) is 35.2 Å². The van der Waals surface area contributed by atoms with Crippen molar-refractivity contribution < 1.29 is 17.9 Å². The molecule has 1 atom stereocenters. The molecule has 1 unspecified atom stereocenters. The first-order valence-electron chi connectivity index (χ1n) is 6.05. The van der Waals surface area contributed by atoms with Gasteiger partial charge < -0.3 is 10.5 Å². The normalized spacial score (nSPS) is 12.2. The average Bonchev–Trinajstić information content (AvgIpc) is 2.44. The maximum absolute atomic E-state index is 13.2. The van der Waals surface area contributed by atoms with E-state index in [1.54, 1.807) is 6.07 Å². The summed E-state index contributed by atoms with van der Waals surface area (Å²) >= 11 is 0. The molecule has 0 radical (unpaired) electrons. The van der Waals surface area contributed by atoms with Gasteiger partial charge >= 0.3 is 0 Å². The first kappa shape index (κ1) is 14.4. The van der Waals surface area contributed by atoms with Gasteiger partial charge in [0.1, 0.15) is 5.75 Å². The van der Waals surface area contributed by atoms with Crippen molar-refractivity contribution in [2.45, 2.75) is 12.5 Å². The van der Waals surface area contributed by atoms with E-state index in [-0.39, 0.29) is 5.56 Å². The predicted octanol–water partition coefficient (Wildman–Crippen LogP) is 3.36. The summed E-state index contributed by atoms with van der Waals surface area (Å²) in [5, 5.41) is 0. The molecule has 0 heterocycles. The van der Waals surface area contributed by atoms with Crippen LogP contribution in [0.15, 0.2) is 36.4 Å². The minimum absolute atomic E-state index is 0.201. The maximum Gasteiger partial charge on any atom is 0.194 e. The van der Waals surface area contributed by atoms with E-state index >= 15 is 0 Å². The molecule has 0 fully saturated rings. The van der Waals surface area contributed by atoms with Gasteiger partial charge in [-0.15, -0.1) is 0 Å². The molecular weight excluding hydrogens is 267 g/mol. The predicted molar refractivity (Wildman–Crippen MR) is 69.9 cm³/mol. The van der Waals surface area contributed by atoms with Crippen LogP contribution in [0, 0.1) is 17.5 Å². The third-order valence-corrected chi connectivity index (χ3v) is 3.07. The van der Waals surface area contributed by atoms with E-state index in [2.05, 4.69) is 0 Å². The fraction of sp³-hybridized carbons (Fsp3) is 0.200. The molecule has 0 spiro atoms. The van der Waals surface area contributed by atoms with Crippen LogP contribution in [-0.2, 0) is 6.42 Å². The molecule has 106 valence electrons. The molecule has 0 aliphatic carbocycles. The van der Waals surface area contributed by atoms with Gasteiger partial charge in [-0.1, -0.05) is 18.2 Å². The number of ether oxygens (including phenoxy) is 1. The van der Waals surface area contributed by atoms with Crippen LogP contribution < -0.4 is 10.5 Å². The van der Waals surface area contributed by atoms with Gasteiger partial charge in [-0.05, 0) is 35.7 Å². The van der Waals surface area contributed by atoms with Crippen molar-refractivity contribution >= 4 is 0 Å². The monoisotopic (exact) mass is 281 g/mol. The summed E-state index contributed by atoms with van der Waals surface area (Å²) in [6, 6.07) is 8.39. The third kappa shape index (κ3) is 2.93. The van der Waals surface area contributed by atoms with Crippen molar-refractivity contribution in [2.75, 3.05) is 7.11 Å². The summed E-state index contributed by atoms with van der Waals surface area (Å²) in [6.07, 6.45) is 0.328. The van der Waals surface area contributed by atoms with Crippen molar-refractivity contribution in [3.63, 3.8) is 0 Å². The van der Waals surface area contributed by atoms with Crippen LogP contribution in [0.25, 0.3) is 0 Å². The number of nitrogens with two attached hydrogens (primary N) is 1. The quantitative estimate of drug-likeness (QED) is 0.872. The van der Waals surface area contributed by atoms with E-state index in [0.29, 0.717) is 12.2 Å². The number of hydrogen-bond donors (Lipinski definition) is 1. The molecule has 2 aromatic rings. The largest absolute Gasteiger partial charge is 0.496 e. The standard InChI is InChI=1S/C15H14F3NO/c1-20-14-5-3-2-4-9(14)8-13(19)10-6-11(16)15(18)12(17)7-10/h2-7,13H,8,19H2,1H3. The summed E-state index contributed by atoms with van der Waals surface area (Å²) < 4.78 is 44.5. The van der Waals surface area contributed by atoms with Crippen LogP contribution in [0.2, 0.25) is 0 Å². The fourth-order valence-electron chi connectivity index (χ4n) is 2.02. The highest BCUT2D eigenvalue weighted by molar-refractivity contribution is 5.35. The summed E-state index contributed by atoms with van der Waals surface area (Å²) in [7, 11) is 1.53. The van der Waals surface area contributed by atoms with E-state index in [9.17, 15) is 13.2 Å². The summed E-state index contributed by atoms with van der Waals surface area (Å²) in [4.78, 5) is 0. The summed E-state index contributed by atoms with van der Waals surface area (Å²) in [5.41, 5.74) is 6.94. The van der Waals surface area contributed by atoms with Gasteiger partial charge in [0, 0.05) is 6.04 Å². The molecule has 2 aromatic carbocycles.